The molecule has 178 valence electrons. The Bertz CT molecular complexity index is 1270. The standard InChI is InChI=1S/C29H28BrN3OS/c1-19(32-33-28(34)18-35-17-22-10-5-6-13-26(22)30)21-14-15-27-25(16-21)23-11-7-12-24(23)29(31-27)20-8-3-2-4-9-20/h2-11,13-16,23-24,29,31H,12,17-18H2,1H3,(H,33,34)/b32-19-/t23-,24+,29+/m1/s1. The number of fused-ring (bicyclic) bond motifs is 3. The number of nitrogens with one attached hydrogen (secondary N) is 2. The Morgan fingerprint density at radius 1 is 1.11 bits per heavy atom. The molecule has 2 aliphatic rings. The van der Waals surface area contributed by atoms with E-state index in [1.807, 2.05) is 25.1 Å². The van der Waals surface area contributed by atoms with Gasteiger partial charge in [0, 0.05) is 21.8 Å². The van der Waals surface area contributed by atoms with Crippen LogP contribution in [0.3, 0.4) is 0 Å². The number of allylic oxidation sites excluding steroid dienone is 2. The van der Waals surface area contributed by atoms with Crippen molar-refractivity contribution in [3.63, 3.8) is 0 Å². The van der Waals surface area contributed by atoms with Crippen molar-refractivity contribution in [2.75, 3.05) is 11.1 Å². The highest BCUT2D eigenvalue weighted by atomic mass is 79.9. The SMILES string of the molecule is C/C(=N/NC(=O)CSCc1ccccc1Br)c1ccc2c(c1)[C@@H]1C=CC[C@@H]1[C@H](c1ccccc1)N2. The van der Waals surface area contributed by atoms with Crippen molar-refractivity contribution >= 4 is 45.0 Å². The van der Waals surface area contributed by atoms with Gasteiger partial charge in [-0.3, -0.25) is 4.79 Å². The predicted octanol–water partition coefficient (Wildman–Crippen LogP) is 7.05. The molecule has 1 aliphatic carbocycles. The maximum atomic E-state index is 12.3. The van der Waals surface area contributed by atoms with Crippen LogP contribution in [0.1, 0.15) is 47.6 Å². The predicted molar refractivity (Wildman–Crippen MR) is 150 cm³/mol. The molecule has 0 saturated carbocycles. The van der Waals surface area contributed by atoms with Crippen LogP contribution in [0.2, 0.25) is 0 Å². The van der Waals surface area contributed by atoms with Crippen molar-refractivity contribution in [1.82, 2.24) is 5.43 Å². The summed E-state index contributed by atoms with van der Waals surface area (Å²) in [4.78, 5) is 12.3. The molecule has 1 aliphatic heterocycles. The fraction of sp³-hybridized carbons (Fsp3) is 0.241. The summed E-state index contributed by atoms with van der Waals surface area (Å²) in [6, 6.07) is 25.6. The molecule has 0 unspecified atom stereocenters. The number of halogens is 1. The Morgan fingerprint density at radius 3 is 2.74 bits per heavy atom. The zero-order valence-electron chi connectivity index (χ0n) is 19.6. The minimum atomic E-state index is -0.0921. The number of carbonyl (C=O) groups excluding carboxylic acids is 1. The number of anilines is 1. The van der Waals surface area contributed by atoms with E-state index in [-0.39, 0.29) is 5.91 Å². The summed E-state index contributed by atoms with van der Waals surface area (Å²) in [5.41, 5.74) is 9.56. The Labute approximate surface area is 219 Å². The first-order valence-corrected chi connectivity index (χ1v) is 13.8. The van der Waals surface area contributed by atoms with Gasteiger partial charge < -0.3 is 5.32 Å². The van der Waals surface area contributed by atoms with Gasteiger partial charge in [0.1, 0.15) is 0 Å². The highest BCUT2D eigenvalue weighted by molar-refractivity contribution is 9.10. The van der Waals surface area contributed by atoms with E-state index in [1.165, 1.54) is 22.4 Å². The largest absolute Gasteiger partial charge is 0.378 e. The Kier molecular flexibility index (Phi) is 7.40. The van der Waals surface area contributed by atoms with Gasteiger partial charge in [-0.15, -0.1) is 11.8 Å². The topological polar surface area (TPSA) is 53.5 Å². The van der Waals surface area contributed by atoms with E-state index in [2.05, 4.69) is 98.5 Å². The number of hydrogen-bond donors (Lipinski definition) is 2. The molecule has 3 aromatic carbocycles. The van der Waals surface area contributed by atoms with E-state index in [4.69, 9.17) is 0 Å². The molecule has 0 spiro atoms. The Balaban J connectivity index is 1.24. The number of carbonyl (C=O) groups is 1. The molecular formula is C29H28BrN3OS. The van der Waals surface area contributed by atoms with Crippen LogP contribution in [0.5, 0.6) is 0 Å². The fourth-order valence-corrected chi connectivity index (χ4v) is 6.36. The number of rotatable bonds is 7. The number of hydrogen-bond acceptors (Lipinski definition) is 4. The second-order valence-electron chi connectivity index (χ2n) is 9.00. The molecular weight excluding hydrogens is 518 g/mol. The molecule has 1 heterocycles. The van der Waals surface area contributed by atoms with Crippen LogP contribution in [0, 0.1) is 5.92 Å². The molecule has 35 heavy (non-hydrogen) atoms. The summed E-state index contributed by atoms with van der Waals surface area (Å²) in [7, 11) is 0. The molecule has 0 radical (unpaired) electrons. The molecule has 0 saturated heterocycles. The second kappa shape index (κ2) is 10.8. The zero-order valence-corrected chi connectivity index (χ0v) is 22.0. The van der Waals surface area contributed by atoms with Crippen LogP contribution in [0.4, 0.5) is 5.69 Å². The lowest BCUT2D eigenvalue weighted by Gasteiger charge is -2.37. The third-order valence-electron chi connectivity index (χ3n) is 6.74. The van der Waals surface area contributed by atoms with Crippen LogP contribution in [0.25, 0.3) is 0 Å². The van der Waals surface area contributed by atoms with Crippen molar-refractivity contribution in [2.24, 2.45) is 11.0 Å². The van der Waals surface area contributed by atoms with E-state index in [0.29, 0.717) is 23.6 Å². The first-order valence-electron chi connectivity index (χ1n) is 11.9. The van der Waals surface area contributed by atoms with E-state index in [9.17, 15) is 4.79 Å². The summed E-state index contributed by atoms with van der Waals surface area (Å²) < 4.78 is 1.07. The minimum Gasteiger partial charge on any atom is -0.378 e. The van der Waals surface area contributed by atoms with Gasteiger partial charge in [0.2, 0.25) is 5.91 Å². The first kappa shape index (κ1) is 23.9. The Morgan fingerprint density at radius 2 is 1.91 bits per heavy atom. The van der Waals surface area contributed by atoms with Gasteiger partial charge in [0.05, 0.1) is 17.5 Å². The zero-order chi connectivity index (χ0) is 24.2. The van der Waals surface area contributed by atoms with E-state index in [1.54, 1.807) is 11.8 Å². The molecule has 4 nitrogen and oxygen atoms in total. The third kappa shape index (κ3) is 5.39. The molecule has 0 fully saturated rings. The number of nitrogens with zero attached hydrogens (tertiary/aromatic N) is 1. The minimum absolute atomic E-state index is 0.0921. The van der Waals surface area contributed by atoms with Gasteiger partial charge >= 0.3 is 0 Å². The summed E-state index contributed by atoms with van der Waals surface area (Å²) in [5.74, 6) is 1.92. The third-order valence-corrected chi connectivity index (χ3v) is 8.49. The number of benzene rings is 3. The average molecular weight is 547 g/mol. The lowest BCUT2D eigenvalue weighted by molar-refractivity contribution is -0.118. The second-order valence-corrected chi connectivity index (χ2v) is 10.8. The molecule has 2 N–H and O–H groups in total. The van der Waals surface area contributed by atoms with Crippen LogP contribution in [-0.4, -0.2) is 17.4 Å². The normalized spacial score (nSPS) is 20.6. The molecule has 3 aromatic rings. The molecule has 0 aromatic heterocycles. The lowest BCUT2D eigenvalue weighted by Crippen LogP contribution is -2.29. The van der Waals surface area contributed by atoms with Gasteiger partial charge in [0.25, 0.3) is 0 Å². The summed E-state index contributed by atoms with van der Waals surface area (Å²) in [5, 5.41) is 8.18. The van der Waals surface area contributed by atoms with Crippen molar-refractivity contribution < 1.29 is 4.79 Å². The van der Waals surface area contributed by atoms with Crippen LogP contribution in [0.15, 0.2) is 94.5 Å². The summed E-state index contributed by atoms with van der Waals surface area (Å²) >= 11 is 5.13. The molecule has 3 atom stereocenters. The maximum Gasteiger partial charge on any atom is 0.250 e. The molecule has 5 rings (SSSR count). The number of amides is 1. The van der Waals surface area contributed by atoms with Gasteiger partial charge in [0.15, 0.2) is 0 Å². The Hall–Kier alpha value is -2.83. The monoisotopic (exact) mass is 545 g/mol. The fourth-order valence-electron chi connectivity index (χ4n) is 4.92. The molecule has 1 amide bonds. The number of thioether (sulfide) groups is 1. The molecule has 6 heteroatoms. The summed E-state index contributed by atoms with van der Waals surface area (Å²) in [6.45, 7) is 1.95. The smallest absolute Gasteiger partial charge is 0.250 e. The van der Waals surface area contributed by atoms with Crippen LogP contribution >= 0.6 is 27.7 Å². The van der Waals surface area contributed by atoms with Crippen LogP contribution in [-0.2, 0) is 10.5 Å². The highest BCUT2D eigenvalue weighted by Gasteiger charge is 2.37. The van der Waals surface area contributed by atoms with Gasteiger partial charge in [-0.1, -0.05) is 82.7 Å². The van der Waals surface area contributed by atoms with Crippen molar-refractivity contribution in [3.8, 4) is 0 Å². The van der Waals surface area contributed by atoms with Gasteiger partial charge in [-0.05, 0) is 59.7 Å². The lowest BCUT2D eigenvalue weighted by atomic mass is 9.76. The van der Waals surface area contributed by atoms with Crippen molar-refractivity contribution in [2.45, 2.75) is 31.1 Å². The van der Waals surface area contributed by atoms with E-state index in [0.717, 1.165) is 27.9 Å². The first-order chi connectivity index (χ1) is 17.1. The summed E-state index contributed by atoms with van der Waals surface area (Å²) in [6.07, 6.45) is 5.73. The maximum absolute atomic E-state index is 12.3. The van der Waals surface area contributed by atoms with Crippen molar-refractivity contribution in [3.05, 3.63) is 112 Å². The quantitative estimate of drug-likeness (QED) is 0.190. The highest BCUT2D eigenvalue weighted by Crippen LogP contribution is 2.49. The average Bonchev–Trinajstić information content (AvgIpc) is 3.38. The number of hydrazone groups is 1. The van der Waals surface area contributed by atoms with Gasteiger partial charge in [-0.2, -0.15) is 5.10 Å². The van der Waals surface area contributed by atoms with E-state index < -0.39 is 0 Å². The van der Waals surface area contributed by atoms with Crippen molar-refractivity contribution in [1.29, 1.82) is 0 Å². The van der Waals surface area contributed by atoms with E-state index >= 15 is 0 Å². The van der Waals surface area contributed by atoms with Gasteiger partial charge in [-0.25, -0.2) is 5.43 Å². The molecule has 0 bridgehead atoms. The van der Waals surface area contributed by atoms with Crippen LogP contribution < -0.4 is 10.7 Å².